The number of carbonyl (C=O) groups is 1. The molecule has 0 aromatic carbocycles. The third-order valence-electron chi connectivity index (χ3n) is 4.80. The van der Waals surface area contributed by atoms with Crippen molar-refractivity contribution in [2.75, 3.05) is 32.7 Å². The second kappa shape index (κ2) is 4.58. The van der Waals surface area contributed by atoms with E-state index in [1.54, 1.807) is 0 Å². The van der Waals surface area contributed by atoms with Gasteiger partial charge in [-0.1, -0.05) is 6.42 Å². The molecule has 4 heteroatoms. The maximum atomic E-state index is 11.9. The zero-order valence-electron chi connectivity index (χ0n) is 10.5. The summed E-state index contributed by atoms with van der Waals surface area (Å²) in [5, 5.41) is 0. The van der Waals surface area contributed by atoms with Crippen molar-refractivity contribution in [1.29, 1.82) is 0 Å². The summed E-state index contributed by atoms with van der Waals surface area (Å²) in [4.78, 5) is 16.2. The molecule has 3 aliphatic rings. The Balaban J connectivity index is 1.54. The quantitative estimate of drug-likeness (QED) is 0.750. The summed E-state index contributed by atoms with van der Waals surface area (Å²) < 4.78 is 0. The van der Waals surface area contributed by atoms with Gasteiger partial charge in [0.15, 0.2) is 0 Å². The molecule has 2 N–H and O–H groups in total. The Labute approximate surface area is 103 Å². The summed E-state index contributed by atoms with van der Waals surface area (Å²) in [6, 6.07) is 0.373. The fourth-order valence-electron chi connectivity index (χ4n) is 3.59. The molecular formula is C13H23N3O. The summed E-state index contributed by atoms with van der Waals surface area (Å²) in [5.74, 6) is 1.72. The van der Waals surface area contributed by atoms with Crippen LogP contribution in [0.15, 0.2) is 0 Å². The highest BCUT2D eigenvalue weighted by Gasteiger charge is 2.39. The van der Waals surface area contributed by atoms with Gasteiger partial charge in [-0.15, -0.1) is 0 Å². The first-order chi connectivity index (χ1) is 8.24. The number of likely N-dealkylation sites (tertiary alicyclic amines) is 2. The minimum absolute atomic E-state index is 0.323. The van der Waals surface area contributed by atoms with Crippen molar-refractivity contribution in [3.05, 3.63) is 0 Å². The van der Waals surface area contributed by atoms with Crippen molar-refractivity contribution < 1.29 is 4.79 Å². The molecule has 1 saturated carbocycles. The molecule has 0 bridgehead atoms. The van der Waals surface area contributed by atoms with Crippen molar-refractivity contribution in [3.8, 4) is 0 Å². The van der Waals surface area contributed by atoms with Gasteiger partial charge >= 0.3 is 0 Å². The molecule has 4 nitrogen and oxygen atoms in total. The number of amides is 1. The van der Waals surface area contributed by atoms with Crippen LogP contribution in [0.2, 0.25) is 0 Å². The Kier molecular flexibility index (Phi) is 3.09. The van der Waals surface area contributed by atoms with Crippen molar-refractivity contribution in [2.24, 2.45) is 17.6 Å². The molecule has 0 aromatic rings. The number of hydrogen-bond donors (Lipinski definition) is 1. The number of carbonyl (C=O) groups excluding carboxylic acids is 1. The molecule has 3 unspecified atom stereocenters. The smallest absolute Gasteiger partial charge is 0.236 e. The second-order valence-electron chi connectivity index (χ2n) is 5.95. The van der Waals surface area contributed by atoms with Crippen LogP contribution in [0, 0.1) is 11.8 Å². The highest BCUT2D eigenvalue weighted by atomic mass is 16.2. The van der Waals surface area contributed by atoms with Gasteiger partial charge in [0.25, 0.3) is 0 Å². The number of nitrogens with two attached hydrogens (primary N) is 1. The Morgan fingerprint density at radius 3 is 2.65 bits per heavy atom. The van der Waals surface area contributed by atoms with Gasteiger partial charge in [0, 0.05) is 32.2 Å². The zero-order chi connectivity index (χ0) is 11.8. The number of hydrogen-bond acceptors (Lipinski definition) is 3. The van der Waals surface area contributed by atoms with Gasteiger partial charge < -0.3 is 10.6 Å². The van der Waals surface area contributed by atoms with E-state index in [2.05, 4.69) is 4.90 Å². The van der Waals surface area contributed by atoms with Crippen molar-refractivity contribution in [3.63, 3.8) is 0 Å². The molecule has 2 saturated heterocycles. The van der Waals surface area contributed by atoms with E-state index in [0.29, 0.717) is 24.4 Å². The van der Waals surface area contributed by atoms with E-state index in [0.717, 1.165) is 32.1 Å². The normalized spacial score (nSPS) is 37.7. The lowest BCUT2D eigenvalue weighted by atomic mass is 9.78. The fourth-order valence-corrected chi connectivity index (χ4v) is 3.59. The maximum absolute atomic E-state index is 11.9. The van der Waals surface area contributed by atoms with E-state index in [4.69, 9.17) is 5.73 Å². The van der Waals surface area contributed by atoms with Gasteiger partial charge in [-0.25, -0.2) is 0 Å². The van der Waals surface area contributed by atoms with Crippen LogP contribution < -0.4 is 5.73 Å². The SMILES string of the molecule is NC1CCCC2CN(CC(=O)N3CCC3)CC12. The van der Waals surface area contributed by atoms with Gasteiger partial charge in [-0.3, -0.25) is 9.69 Å². The first kappa shape index (κ1) is 11.5. The summed E-state index contributed by atoms with van der Waals surface area (Å²) in [6.45, 7) is 4.71. The van der Waals surface area contributed by atoms with E-state index in [-0.39, 0.29) is 0 Å². The Hall–Kier alpha value is -0.610. The van der Waals surface area contributed by atoms with E-state index in [1.165, 1.54) is 25.7 Å². The summed E-state index contributed by atoms with van der Waals surface area (Å²) in [6.07, 6.45) is 4.94. The molecule has 1 amide bonds. The van der Waals surface area contributed by atoms with Crippen molar-refractivity contribution >= 4 is 5.91 Å². The Morgan fingerprint density at radius 2 is 2.00 bits per heavy atom. The van der Waals surface area contributed by atoms with E-state index in [1.807, 2.05) is 4.90 Å². The molecule has 17 heavy (non-hydrogen) atoms. The van der Waals surface area contributed by atoms with Crippen LogP contribution in [-0.4, -0.2) is 54.5 Å². The van der Waals surface area contributed by atoms with Gasteiger partial charge in [0.2, 0.25) is 5.91 Å². The lowest BCUT2D eigenvalue weighted by Gasteiger charge is -2.32. The zero-order valence-corrected chi connectivity index (χ0v) is 10.5. The van der Waals surface area contributed by atoms with Crippen LogP contribution in [0.4, 0.5) is 0 Å². The largest absolute Gasteiger partial charge is 0.341 e. The fraction of sp³-hybridized carbons (Fsp3) is 0.923. The average Bonchev–Trinajstić information content (AvgIpc) is 2.58. The number of nitrogens with zero attached hydrogens (tertiary/aromatic N) is 2. The molecule has 3 fully saturated rings. The first-order valence-corrected chi connectivity index (χ1v) is 7.00. The average molecular weight is 237 g/mol. The summed E-state index contributed by atoms with van der Waals surface area (Å²) in [7, 11) is 0. The van der Waals surface area contributed by atoms with Crippen molar-refractivity contribution in [1.82, 2.24) is 9.80 Å². The Morgan fingerprint density at radius 1 is 1.18 bits per heavy atom. The molecule has 96 valence electrons. The molecule has 2 aliphatic heterocycles. The van der Waals surface area contributed by atoms with Crippen LogP contribution >= 0.6 is 0 Å². The molecule has 3 atom stereocenters. The van der Waals surface area contributed by atoms with E-state index >= 15 is 0 Å². The molecule has 3 rings (SSSR count). The third kappa shape index (κ3) is 2.20. The van der Waals surface area contributed by atoms with Gasteiger partial charge in [-0.2, -0.15) is 0 Å². The highest BCUT2D eigenvalue weighted by Crippen LogP contribution is 2.35. The molecule has 0 radical (unpaired) electrons. The lowest BCUT2D eigenvalue weighted by molar-refractivity contribution is -0.135. The van der Waals surface area contributed by atoms with Crippen LogP contribution in [0.25, 0.3) is 0 Å². The maximum Gasteiger partial charge on any atom is 0.236 e. The van der Waals surface area contributed by atoms with Crippen molar-refractivity contribution in [2.45, 2.75) is 31.7 Å². The van der Waals surface area contributed by atoms with Crippen LogP contribution in [0.3, 0.4) is 0 Å². The lowest BCUT2D eigenvalue weighted by Crippen LogP contribution is -2.47. The second-order valence-corrected chi connectivity index (χ2v) is 5.95. The molecular weight excluding hydrogens is 214 g/mol. The third-order valence-corrected chi connectivity index (χ3v) is 4.80. The van der Waals surface area contributed by atoms with Gasteiger partial charge in [0.1, 0.15) is 0 Å². The summed E-state index contributed by atoms with van der Waals surface area (Å²) >= 11 is 0. The first-order valence-electron chi connectivity index (χ1n) is 7.00. The minimum atomic E-state index is 0.323. The topological polar surface area (TPSA) is 49.6 Å². The van der Waals surface area contributed by atoms with Crippen LogP contribution in [0.1, 0.15) is 25.7 Å². The minimum Gasteiger partial charge on any atom is -0.341 e. The van der Waals surface area contributed by atoms with Gasteiger partial charge in [-0.05, 0) is 31.1 Å². The van der Waals surface area contributed by atoms with Crippen LogP contribution in [-0.2, 0) is 4.79 Å². The van der Waals surface area contributed by atoms with E-state index in [9.17, 15) is 4.79 Å². The number of rotatable bonds is 2. The van der Waals surface area contributed by atoms with Crippen LogP contribution in [0.5, 0.6) is 0 Å². The highest BCUT2D eigenvalue weighted by molar-refractivity contribution is 5.79. The monoisotopic (exact) mass is 237 g/mol. The number of fused-ring (bicyclic) bond motifs is 1. The summed E-state index contributed by atoms with van der Waals surface area (Å²) in [5.41, 5.74) is 6.19. The molecule has 2 heterocycles. The van der Waals surface area contributed by atoms with Gasteiger partial charge in [0.05, 0.1) is 6.54 Å². The van der Waals surface area contributed by atoms with E-state index < -0.39 is 0 Å². The standard InChI is InChI=1S/C13H23N3O/c14-12-4-1-3-10-7-15(8-11(10)12)9-13(17)16-5-2-6-16/h10-12H,1-9,14H2. The Bertz CT molecular complexity index is 303. The predicted octanol–water partition coefficient (Wildman–Crippen LogP) is 0.278. The molecule has 0 aromatic heterocycles. The molecule has 0 spiro atoms. The predicted molar refractivity (Wildman–Crippen MR) is 66.4 cm³/mol. The molecule has 1 aliphatic carbocycles.